The molecule has 3 nitrogen and oxygen atoms in total. The number of hydrogen-bond donors (Lipinski definition) is 1. The Balaban J connectivity index is 1.49. The lowest BCUT2D eigenvalue weighted by Gasteiger charge is -2.35. The predicted molar refractivity (Wildman–Crippen MR) is 108 cm³/mol. The van der Waals surface area contributed by atoms with E-state index in [4.69, 9.17) is 4.74 Å². The van der Waals surface area contributed by atoms with Gasteiger partial charge >= 0.3 is 0 Å². The van der Waals surface area contributed by atoms with Gasteiger partial charge in [-0.25, -0.2) is 4.31 Å². The SMILES string of the molecule is CC1CN(SC(C)c2ccc3c(c2)Nc2ccccc2S3)CC(C)O1. The summed E-state index contributed by atoms with van der Waals surface area (Å²) in [5.41, 5.74) is 3.79. The van der Waals surface area contributed by atoms with Crippen molar-refractivity contribution in [1.29, 1.82) is 0 Å². The number of para-hydroxylation sites is 1. The topological polar surface area (TPSA) is 24.5 Å². The van der Waals surface area contributed by atoms with Gasteiger partial charge in [-0.3, -0.25) is 0 Å². The fourth-order valence-electron chi connectivity index (χ4n) is 3.41. The molecule has 2 aliphatic heterocycles. The van der Waals surface area contributed by atoms with Crippen LogP contribution in [-0.4, -0.2) is 29.6 Å². The summed E-state index contributed by atoms with van der Waals surface area (Å²) in [7, 11) is 0. The van der Waals surface area contributed by atoms with E-state index in [0.717, 1.165) is 13.1 Å². The van der Waals surface area contributed by atoms with Crippen LogP contribution in [0.25, 0.3) is 0 Å². The van der Waals surface area contributed by atoms with Gasteiger partial charge in [0, 0.05) is 28.1 Å². The smallest absolute Gasteiger partial charge is 0.0687 e. The molecule has 0 radical (unpaired) electrons. The first-order valence-corrected chi connectivity index (χ1v) is 10.5. The van der Waals surface area contributed by atoms with E-state index in [0.29, 0.717) is 17.5 Å². The second-order valence-electron chi connectivity index (χ2n) is 6.83. The van der Waals surface area contributed by atoms with Crippen molar-refractivity contribution in [3.05, 3.63) is 48.0 Å². The molecule has 2 aliphatic rings. The Labute approximate surface area is 158 Å². The molecule has 2 heterocycles. The van der Waals surface area contributed by atoms with Gasteiger partial charge in [0.25, 0.3) is 0 Å². The quantitative estimate of drug-likeness (QED) is 0.593. The molecule has 0 bridgehead atoms. The van der Waals surface area contributed by atoms with E-state index in [1.807, 2.05) is 23.7 Å². The third-order valence-corrected chi connectivity index (χ3v) is 6.88. The van der Waals surface area contributed by atoms with Gasteiger partial charge in [0.15, 0.2) is 0 Å². The molecule has 1 N–H and O–H groups in total. The van der Waals surface area contributed by atoms with Crippen LogP contribution in [0.15, 0.2) is 52.3 Å². The summed E-state index contributed by atoms with van der Waals surface area (Å²) in [4.78, 5) is 2.59. The van der Waals surface area contributed by atoms with Gasteiger partial charge in [-0.15, -0.1) is 0 Å². The Morgan fingerprint density at radius 1 is 1.08 bits per heavy atom. The molecule has 1 fully saturated rings. The highest BCUT2D eigenvalue weighted by Gasteiger charge is 2.25. The summed E-state index contributed by atoms with van der Waals surface area (Å²) in [5.74, 6) is 0. The van der Waals surface area contributed by atoms with E-state index in [-0.39, 0.29) is 0 Å². The molecule has 0 aromatic heterocycles. The van der Waals surface area contributed by atoms with Crippen LogP contribution in [0, 0.1) is 0 Å². The summed E-state index contributed by atoms with van der Waals surface area (Å²) in [6.07, 6.45) is 0.614. The van der Waals surface area contributed by atoms with Crippen molar-refractivity contribution < 1.29 is 4.74 Å². The maximum atomic E-state index is 5.84. The third kappa shape index (κ3) is 3.85. The minimum atomic E-state index is 0.307. The summed E-state index contributed by atoms with van der Waals surface area (Å²) in [5, 5.41) is 4.01. The predicted octanol–water partition coefficient (Wildman–Crippen LogP) is 5.71. The van der Waals surface area contributed by atoms with Crippen molar-refractivity contribution in [2.75, 3.05) is 18.4 Å². The molecule has 4 rings (SSSR count). The molecule has 2 aromatic rings. The van der Waals surface area contributed by atoms with Gasteiger partial charge in [0.05, 0.1) is 23.6 Å². The lowest BCUT2D eigenvalue weighted by Crippen LogP contribution is -2.42. The van der Waals surface area contributed by atoms with E-state index in [1.54, 1.807) is 0 Å². The zero-order valence-corrected chi connectivity index (χ0v) is 16.5. The Hall–Kier alpha value is -1.14. The highest BCUT2D eigenvalue weighted by Crippen LogP contribution is 2.45. The van der Waals surface area contributed by atoms with Gasteiger partial charge in [-0.2, -0.15) is 0 Å². The van der Waals surface area contributed by atoms with Crippen molar-refractivity contribution in [2.24, 2.45) is 0 Å². The zero-order valence-electron chi connectivity index (χ0n) is 14.9. The average Bonchev–Trinajstić information content (AvgIpc) is 2.58. The number of nitrogens with zero attached hydrogens (tertiary/aromatic N) is 1. The average molecular weight is 373 g/mol. The van der Waals surface area contributed by atoms with E-state index in [2.05, 4.69) is 72.9 Å². The first-order valence-electron chi connectivity index (χ1n) is 8.83. The molecule has 5 heteroatoms. The van der Waals surface area contributed by atoms with Crippen molar-refractivity contribution in [3.63, 3.8) is 0 Å². The fourth-order valence-corrected chi connectivity index (χ4v) is 5.69. The molecule has 2 aromatic carbocycles. The molecule has 25 heavy (non-hydrogen) atoms. The molecule has 132 valence electrons. The number of fused-ring (bicyclic) bond motifs is 2. The molecular weight excluding hydrogens is 348 g/mol. The molecule has 1 saturated heterocycles. The van der Waals surface area contributed by atoms with E-state index >= 15 is 0 Å². The van der Waals surface area contributed by atoms with Crippen LogP contribution in [-0.2, 0) is 4.74 Å². The molecule has 0 amide bonds. The van der Waals surface area contributed by atoms with Crippen LogP contribution in [0.4, 0.5) is 11.4 Å². The van der Waals surface area contributed by atoms with Crippen LogP contribution in [0.2, 0.25) is 0 Å². The van der Waals surface area contributed by atoms with Gasteiger partial charge in [0.1, 0.15) is 0 Å². The van der Waals surface area contributed by atoms with Gasteiger partial charge in [-0.05, 0) is 50.6 Å². The number of morpholine rings is 1. The molecule has 0 spiro atoms. The van der Waals surface area contributed by atoms with Crippen LogP contribution in [0.3, 0.4) is 0 Å². The fraction of sp³-hybridized carbons (Fsp3) is 0.400. The van der Waals surface area contributed by atoms with Crippen LogP contribution < -0.4 is 5.32 Å². The van der Waals surface area contributed by atoms with Crippen molar-refractivity contribution >= 4 is 35.1 Å². The summed E-state index contributed by atoms with van der Waals surface area (Å²) in [6.45, 7) is 8.59. The van der Waals surface area contributed by atoms with Gasteiger partial charge in [-0.1, -0.05) is 41.9 Å². The minimum Gasteiger partial charge on any atom is -0.373 e. The van der Waals surface area contributed by atoms with E-state index in [9.17, 15) is 0 Å². The standard InChI is InChI=1S/C20H24N2OS2/c1-13-11-22(12-14(2)23-13)25-15(3)16-8-9-20-18(10-16)21-17-6-4-5-7-19(17)24-20/h4-10,13-15,21H,11-12H2,1-3H3. The van der Waals surface area contributed by atoms with E-state index in [1.165, 1.54) is 26.7 Å². The summed E-state index contributed by atoms with van der Waals surface area (Å²) in [6, 6.07) is 15.3. The molecular formula is C20H24N2OS2. The Bertz CT molecular complexity index is 757. The number of nitrogens with one attached hydrogen (secondary N) is 1. The molecule has 3 unspecified atom stereocenters. The van der Waals surface area contributed by atoms with Crippen molar-refractivity contribution in [3.8, 4) is 0 Å². The highest BCUT2D eigenvalue weighted by atomic mass is 32.2. The summed E-state index contributed by atoms with van der Waals surface area (Å²) >= 11 is 3.78. The van der Waals surface area contributed by atoms with Crippen molar-refractivity contribution in [1.82, 2.24) is 4.31 Å². The maximum absolute atomic E-state index is 5.84. The van der Waals surface area contributed by atoms with Crippen molar-refractivity contribution in [2.45, 2.75) is 48.0 Å². The van der Waals surface area contributed by atoms with Crippen LogP contribution in [0.5, 0.6) is 0 Å². The number of anilines is 2. The van der Waals surface area contributed by atoms with Gasteiger partial charge < -0.3 is 10.1 Å². The third-order valence-electron chi connectivity index (χ3n) is 4.54. The zero-order chi connectivity index (χ0) is 17.4. The second-order valence-corrected chi connectivity index (χ2v) is 9.35. The molecule has 0 saturated carbocycles. The van der Waals surface area contributed by atoms with Crippen LogP contribution >= 0.6 is 23.7 Å². The largest absolute Gasteiger partial charge is 0.373 e. The number of rotatable bonds is 3. The number of hydrogen-bond acceptors (Lipinski definition) is 5. The highest BCUT2D eigenvalue weighted by molar-refractivity contribution is 7.99. The Kier molecular flexibility index (Phi) is 5.00. The van der Waals surface area contributed by atoms with Gasteiger partial charge in [0.2, 0.25) is 0 Å². The summed E-state index contributed by atoms with van der Waals surface area (Å²) < 4.78 is 8.30. The molecule has 3 atom stereocenters. The maximum Gasteiger partial charge on any atom is 0.0687 e. The second kappa shape index (κ2) is 7.23. The number of ether oxygens (including phenoxy) is 1. The monoisotopic (exact) mass is 372 g/mol. The Morgan fingerprint density at radius 3 is 2.60 bits per heavy atom. The lowest BCUT2D eigenvalue weighted by molar-refractivity contribution is -0.0415. The normalized spacial score (nSPS) is 24.1. The number of benzene rings is 2. The minimum absolute atomic E-state index is 0.307. The van der Waals surface area contributed by atoms with E-state index < -0.39 is 0 Å². The first kappa shape index (κ1) is 17.3. The van der Waals surface area contributed by atoms with Crippen LogP contribution in [0.1, 0.15) is 31.6 Å². The molecule has 0 aliphatic carbocycles. The Morgan fingerprint density at radius 2 is 1.80 bits per heavy atom. The first-order chi connectivity index (χ1) is 12.1. The lowest BCUT2D eigenvalue weighted by atomic mass is 10.1.